The number of halogens is 5. The number of aryl methyl sites for hydroxylation is 1. The molecular formula is C37H41F5N6O3. The van der Waals surface area contributed by atoms with Gasteiger partial charge in [-0.1, -0.05) is 0 Å². The Labute approximate surface area is 291 Å². The maximum Gasteiger partial charge on any atom is 0.417 e. The van der Waals surface area contributed by atoms with Gasteiger partial charge >= 0.3 is 6.18 Å². The van der Waals surface area contributed by atoms with E-state index in [1.807, 2.05) is 19.1 Å². The Morgan fingerprint density at radius 1 is 1.04 bits per heavy atom. The Hall–Kier alpha value is -4.04. The first-order chi connectivity index (χ1) is 24.2. The molecule has 0 unspecified atom stereocenters. The fourth-order valence-corrected chi connectivity index (χ4v) is 8.46. The maximum absolute atomic E-state index is 15.3. The molecule has 1 aromatic carbocycles. The van der Waals surface area contributed by atoms with E-state index in [4.69, 9.17) is 10.8 Å². The van der Waals surface area contributed by atoms with Crippen molar-refractivity contribution in [3.05, 3.63) is 59.0 Å². The van der Waals surface area contributed by atoms with Gasteiger partial charge in [-0.25, -0.2) is 13.3 Å². The fourth-order valence-electron chi connectivity index (χ4n) is 8.46. The smallest absolute Gasteiger partial charge is 0.380 e. The van der Waals surface area contributed by atoms with Crippen LogP contribution in [0, 0.1) is 24.6 Å². The van der Waals surface area contributed by atoms with Crippen LogP contribution in [0.4, 0.5) is 22.0 Å². The minimum absolute atomic E-state index is 0.00370. The molecule has 2 aliphatic carbocycles. The van der Waals surface area contributed by atoms with Gasteiger partial charge in [0.1, 0.15) is 17.7 Å². The molecule has 0 bridgehead atoms. The van der Waals surface area contributed by atoms with Gasteiger partial charge in [-0.3, -0.25) is 9.59 Å². The number of fused-ring (bicyclic) bond motifs is 2. The van der Waals surface area contributed by atoms with E-state index in [9.17, 15) is 32.3 Å². The Morgan fingerprint density at radius 3 is 2.43 bits per heavy atom. The van der Waals surface area contributed by atoms with Crippen molar-refractivity contribution in [3.63, 3.8) is 0 Å². The van der Waals surface area contributed by atoms with E-state index in [1.165, 1.54) is 11.0 Å². The van der Waals surface area contributed by atoms with E-state index >= 15 is 4.39 Å². The summed E-state index contributed by atoms with van der Waals surface area (Å²) in [5.41, 5.74) is 8.52. The van der Waals surface area contributed by atoms with Crippen LogP contribution in [0.25, 0.3) is 27.8 Å². The molecule has 2 saturated carbocycles. The van der Waals surface area contributed by atoms with Crippen LogP contribution in [-0.4, -0.2) is 91.1 Å². The summed E-state index contributed by atoms with van der Waals surface area (Å²) >= 11 is 0. The van der Waals surface area contributed by atoms with Crippen LogP contribution in [-0.2, 0) is 11.3 Å². The molecule has 4 aromatic rings. The molecule has 272 valence electrons. The normalized spacial score (nSPS) is 26.2. The number of piperidine rings is 2. The largest absolute Gasteiger partial charge is 0.417 e. The number of aromatic nitrogens is 3. The molecule has 2 amide bonds. The first-order valence-electron chi connectivity index (χ1n) is 17.8. The average molecular weight is 713 g/mol. The van der Waals surface area contributed by atoms with Gasteiger partial charge in [0, 0.05) is 55.3 Å². The first kappa shape index (κ1) is 34.1. The number of hydrogen-bond acceptors (Lipinski definition) is 5. The zero-order valence-electron chi connectivity index (χ0n) is 28.3. The zero-order chi connectivity index (χ0) is 36.0. The van der Waals surface area contributed by atoms with Crippen molar-refractivity contribution < 1.29 is 36.6 Å². The maximum atomic E-state index is 15.3. The summed E-state index contributed by atoms with van der Waals surface area (Å²) in [5, 5.41) is 15.5. The molecule has 3 aromatic heterocycles. The summed E-state index contributed by atoms with van der Waals surface area (Å²) in [6.45, 7) is 3.62. The first-order valence-corrected chi connectivity index (χ1v) is 17.8. The van der Waals surface area contributed by atoms with E-state index in [2.05, 4.69) is 4.57 Å². The van der Waals surface area contributed by atoms with E-state index in [-0.39, 0.29) is 43.1 Å². The number of aliphatic hydroxyl groups is 1. The van der Waals surface area contributed by atoms with Crippen molar-refractivity contribution >= 4 is 28.2 Å². The molecule has 3 N–H and O–H groups in total. The van der Waals surface area contributed by atoms with Crippen LogP contribution in [0.1, 0.15) is 72.3 Å². The number of pyridine rings is 1. The topological polar surface area (TPSA) is 109 Å². The molecule has 2 saturated heterocycles. The van der Waals surface area contributed by atoms with Crippen LogP contribution >= 0.6 is 0 Å². The van der Waals surface area contributed by atoms with Crippen LogP contribution in [0.3, 0.4) is 0 Å². The molecular weight excluding hydrogens is 671 g/mol. The van der Waals surface area contributed by atoms with Crippen molar-refractivity contribution in [1.29, 1.82) is 0 Å². The lowest BCUT2D eigenvalue weighted by Gasteiger charge is -2.45. The number of likely N-dealkylation sites (tertiary alicyclic amines) is 2. The third-order valence-electron chi connectivity index (χ3n) is 11.5. The van der Waals surface area contributed by atoms with Crippen molar-refractivity contribution in [2.24, 2.45) is 17.6 Å². The van der Waals surface area contributed by atoms with Gasteiger partial charge in [-0.2, -0.15) is 18.3 Å². The number of nitrogens with two attached hydrogens (primary N) is 1. The highest BCUT2D eigenvalue weighted by molar-refractivity contribution is 5.95. The van der Waals surface area contributed by atoms with Crippen LogP contribution in [0.5, 0.6) is 0 Å². The molecule has 8 rings (SSSR count). The van der Waals surface area contributed by atoms with Crippen molar-refractivity contribution in [3.8, 4) is 11.4 Å². The van der Waals surface area contributed by atoms with Crippen molar-refractivity contribution in [1.82, 2.24) is 24.0 Å². The van der Waals surface area contributed by atoms with E-state index in [0.29, 0.717) is 43.1 Å². The van der Waals surface area contributed by atoms with Crippen molar-refractivity contribution in [2.45, 2.75) is 88.3 Å². The van der Waals surface area contributed by atoms with Crippen LogP contribution < -0.4 is 5.73 Å². The van der Waals surface area contributed by atoms with E-state index in [1.54, 1.807) is 27.7 Å². The van der Waals surface area contributed by atoms with Gasteiger partial charge in [0.25, 0.3) is 5.91 Å². The molecule has 2 aliphatic heterocycles. The predicted octanol–water partition coefficient (Wildman–Crippen LogP) is 5.73. The van der Waals surface area contributed by atoms with Gasteiger partial charge in [0.15, 0.2) is 5.60 Å². The quantitative estimate of drug-likeness (QED) is 0.248. The molecule has 14 heteroatoms. The second-order valence-electron chi connectivity index (χ2n) is 15.3. The number of alkyl halides is 4. The standard InChI is InChI=1S/C37H41F5N6O3/c1-20-30-5-4-23(34(49)46-18-27(39)12-28(43)19-46)17-48(30)44-32(20)31-11-24-10-26(38)13-29(33(24)47(31)16-21-2-3-21)22-6-8-45(9-7-22)35(50)25-14-36(51,15-25)37(40,41)42/h4-5,10-11,13,17,21-22,25,27-28,51H,2-3,6-9,12,14-16,18-19,43H2,1H3/t25?,27-,28-,36?/m1/s1. The Bertz CT molecular complexity index is 2010. The third kappa shape index (κ3) is 6.07. The Kier molecular flexibility index (Phi) is 8.21. The summed E-state index contributed by atoms with van der Waals surface area (Å²) in [6.07, 6.45) is -2.08. The Morgan fingerprint density at radius 2 is 1.76 bits per heavy atom. The molecule has 4 aliphatic rings. The molecule has 2 atom stereocenters. The second kappa shape index (κ2) is 12.3. The molecule has 0 spiro atoms. The minimum Gasteiger partial charge on any atom is -0.380 e. The molecule has 51 heavy (non-hydrogen) atoms. The molecule has 0 radical (unpaired) electrons. The SMILES string of the molecule is Cc1c(-c2cc3cc(F)cc(C4CCN(C(=O)C5CC(O)(C(F)(F)F)C5)CC4)c3n2CC2CC2)nn2cc(C(=O)N3C[C@H](N)C[C@@H](F)C3)ccc12. The molecule has 4 fully saturated rings. The van der Waals surface area contributed by atoms with Gasteiger partial charge in [0.2, 0.25) is 5.91 Å². The zero-order valence-corrected chi connectivity index (χ0v) is 28.3. The summed E-state index contributed by atoms with van der Waals surface area (Å²) in [6, 6.07) is 8.17. The number of nitrogens with zero attached hydrogens (tertiary/aromatic N) is 5. The Balaban J connectivity index is 1.09. The van der Waals surface area contributed by atoms with Gasteiger partial charge < -0.3 is 25.2 Å². The summed E-state index contributed by atoms with van der Waals surface area (Å²) in [4.78, 5) is 29.4. The fraction of sp³-hybridized carbons (Fsp3) is 0.541. The lowest BCUT2D eigenvalue weighted by molar-refractivity contribution is -0.296. The van der Waals surface area contributed by atoms with Crippen LogP contribution in [0.15, 0.2) is 36.5 Å². The van der Waals surface area contributed by atoms with E-state index in [0.717, 1.165) is 52.6 Å². The number of rotatable bonds is 6. The second-order valence-corrected chi connectivity index (χ2v) is 15.3. The van der Waals surface area contributed by atoms with Gasteiger partial charge in [-0.15, -0.1) is 0 Å². The summed E-state index contributed by atoms with van der Waals surface area (Å²) < 4.78 is 72.9. The predicted molar refractivity (Wildman–Crippen MR) is 179 cm³/mol. The number of carbonyl (C=O) groups is 2. The highest BCUT2D eigenvalue weighted by Crippen LogP contribution is 2.49. The van der Waals surface area contributed by atoms with Gasteiger partial charge in [-0.05, 0) is 99.6 Å². The van der Waals surface area contributed by atoms with Gasteiger partial charge in [0.05, 0.1) is 28.8 Å². The number of benzene rings is 1. The summed E-state index contributed by atoms with van der Waals surface area (Å²) in [5.74, 6) is -1.54. The molecule has 5 heterocycles. The lowest BCUT2D eigenvalue weighted by Crippen LogP contribution is -2.59. The summed E-state index contributed by atoms with van der Waals surface area (Å²) in [7, 11) is 0. The van der Waals surface area contributed by atoms with E-state index < -0.39 is 42.8 Å². The lowest BCUT2D eigenvalue weighted by atomic mass is 9.69. The highest BCUT2D eigenvalue weighted by Gasteiger charge is 2.63. The number of carbonyl (C=O) groups excluding carboxylic acids is 2. The number of hydrogen-bond donors (Lipinski definition) is 2. The highest BCUT2D eigenvalue weighted by atomic mass is 19.4. The monoisotopic (exact) mass is 712 g/mol. The average Bonchev–Trinajstić information content (AvgIpc) is 3.74. The minimum atomic E-state index is -4.76. The van der Waals surface area contributed by atoms with Crippen LogP contribution in [0.2, 0.25) is 0 Å². The third-order valence-corrected chi connectivity index (χ3v) is 11.5. The van der Waals surface area contributed by atoms with Crippen molar-refractivity contribution in [2.75, 3.05) is 26.2 Å². The molecule has 9 nitrogen and oxygen atoms in total. The number of amides is 2.